The molecule has 0 aromatic heterocycles. The molecule has 0 fully saturated rings. The molecule has 0 spiro atoms. The Hall–Kier alpha value is -1.51. The molecule has 0 rings (SSSR count). The Morgan fingerprint density at radius 3 is 2.26 bits per heavy atom. The molecule has 2 N–H and O–H groups in total. The van der Waals surface area contributed by atoms with Crippen LogP contribution in [0, 0.1) is 5.92 Å². The highest BCUT2D eigenvalue weighted by Gasteiger charge is 2.30. The van der Waals surface area contributed by atoms with Crippen molar-refractivity contribution in [3.05, 3.63) is 0 Å². The Bertz CT molecular complexity index is 376. The maximum atomic E-state index is 12.0. The molecule has 0 aromatic rings. The summed E-state index contributed by atoms with van der Waals surface area (Å²) in [6.45, 7) is 5.59. The van der Waals surface area contributed by atoms with Crippen LogP contribution < -0.4 is 10.6 Å². The normalized spacial score (nSPS) is 14.3. The van der Waals surface area contributed by atoms with Gasteiger partial charge in [0.25, 0.3) is 0 Å². The van der Waals surface area contributed by atoms with Crippen molar-refractivity contribution < 1.29 is 32.2 Å². The van der Waals surface area contributed by atoms with Crippen molar-refractivity contribution in [1.82, 2.24) is 10.6 Å². The van der Waals surface area contributed by atoms with E-state index in [1.54, 1.807) is 6.92 Å². The molecule has 0 saturated carbocycles. The fourth-order valence-corrected chi connectivity index (χ4v) is 1.76. The van der Waals surface area contributed by atoms with E-state index in [4.69, 9.17) is 4.74 Å². The third kappa shape index (κ3) is 11.7. The highest BCUT2D eigenvalue weighted by molar-refractivity contribution is 5.80. The molecule has 0 aliphatic carbocycles. The summed E-state index contributed by atoms with van der Waals surface area (Å²) in [5.74, 6) is -0.425. The summed E-state index contributed by atoms with van der Waals surface area (Å²) in [7, 11) is 0. The van der Waals surface area contributed by atoms with E-state index in [2.05, 4.69) is 15.4 Å². The third-order valence-electron chi connectivity index (χ3n) is 2.74. The zero-order chi connectivity index (χ0) is 18.0. The first-order valence-corrected chi connectivity index (χ1v) is 7.44. The number of alkyl halides is 3. The maximum Gasteiger partial charge on any atom is 0.411 e. The van der Waals surface area contributed by atoms with Crippen LogP contribution in [0.4, 0.5) is 18.0 Å². The quantitative estimate of drug-likeness (QED) is 0.674. The molecule has 0 aliphatic heterocycles. The standard InChI is InChI=1S/C14H25F3N2O4/c1-5-22-13(21)19-11(6-9(2)3)7-18-12(20)10(4)23-8-14(15,16)17/h9-11H,5-8H2,1-4H3,(H,18,20)(H,19,21)/t10-,11-/m1/s1. The summed E-state index contributed by atoms with van der Waals surface area (Å²) < 4.78 is 45.3. The smallest absolute Gasteiger partial charge is 0.411 e. The summed E-state index contributed by atoms with van der Waals surface area (Å²) in [5.41, 5.74) is 0. The maximum absolute atomic E-state index is 12.0. The number of carbonyl (C=O) groups excluding carboxylic acids is 2. The molecule has 9 heteroatoms. The topological polar surface area (TPSA) is 76.7 Å². The summed E-state index contributed by atoms with van der Waals surface area (Å²) in [6, 6.07) is -0.382. The minimum Gasteiger partial charge on any atom is -0.450 e. The summed E-state index contributed by atoms with van der Waals surface area (Å²) in [4.78, 5) is 23.1. The number of nitrogens with one attached hydrogen (secondary N) is 2. The molecule has 2 atom stereocenters. The van der Waals surface area contributed by atoms with Gasteiger partial charge in [-0.05, 0) is 26.2 Å². The Kier molecular flexibility index (Phi) is 9.62. The highest BCUT2D eigenvalue weighted by atomic mass is 19.4. The zero-order valence-electron chi connectivity index (χ0n) is 13.8. The van der Waals surface area contributed by atoms with E-state index < -0.39 is 30.9 Å². The van der Waals surface area contributed by atoms with Gasteiger partial charge in [0, 0.05) is 12.6 Å². The number of hydrogen-bond donors (Lipinski definition) is 2. The highest BCUT2D eigenvalue weighted by Crippen LogP contribution is 2.15. The van der Waals surface area contributed by atoms with Gasteiger partial charge in [-0.25, -0.2) is 4.79 Å². The van der Waals surface area contributed by atoms with Crippen LogP contribution in [0.25, 0.3) is 0 Å². The van der Waals surface area contributed by atoms with Crippen molar-refractivity contribution in [2.45, 2.75) is 52.4 Å². The number of carbonyl (C=O) groups is 2. The lowest BCUT2D eigenvalue weighted by molar-refractivity contribution is -0.185. The lowest BCUT2D eigenvalue weighted by atomic mass is 10.0. The first kappa shape index (κ1) is 21.5. The van der Waals surface area contributed by atoms with Crippen LogP contribution in [0.3, 0.4) is 0 Å². The Labute approximate surface area is 134 Å². The molecule has 0 aliphatic rings. The van der Waals surface area contributed by atoms with E-state index in [1.807, 2.05) is 13.8 Å². The van der Waals surface area contributed by atoms with Gasteiger partial charge in [-0.1, -0.05) is 13.8 Å². The average molecular weight is 342 g/mol. The first-order valence-electron chi connectivity index (χ1n) is 7.44. The van der Waals surface area contributed by atoms with E-state index in [0.29, 0.717) is 6.42 Å². The van der Waals surface area contributed by atoms with Gasteiger partial charge < -0.3 is 20.1 Å². The number of alkyl carbamates (subject to hydrolysis) is 1. The first-order chi connectivity index (χ1) is 10.5. The van der Waals surface area contributed by atoms with Gasteiger partial charge in [0.15, 0.2) is 0 Å². The van der Waals surface area contributed by atoms with Gasteiger partial charge in [-0.2, -0.15) is 13.2 Å². The largest absolute Gasteiger partial charge is 0.450 e. The molecule has 0 bridgehead atoms. The number of halogens is 3. The second kappa shape index (κ2) is 10.3. The molecule has 6 nitrogen and oxygen atoms in total. The molecule has 0 aromatic carbocycles. The molecule has 0 unspecified atom stereocenters. The number of hydrogen-bond acceptors (Lipinski definition) is 4. The summed E-state index contributed by atoms with van der Waals surface area (Å²) in [6.07, 6.45) is -5.75. The molecule has 23 heavy (non-hydrogen) atoms. The van der Waals surface area contributed by atoms with E-state index in [9.17, 15) is 22.8 Å². The molecule has 0 saturated heterocycles. The van der Waals surface area contributed by atoms with Crippen molar-refractivity contribution in [3.8, 4) is 0 Å². The summed E-state index contributed by atoms with van der Waals surface area (Å²) >= 11 is 0. The van der Waals surface area contributed by atoms with Crippen LogP contribution in [0.1, 0.15) is 34.1 Å². The van der Waals surface area contributed by atoms with E-state index in [1.165, 1.54) is 6.92 Å². The van der Waals surface area contributed by atoms with Gasteiger partial charge in [-0.15, -0.1) is 0 Å². The van der Waals surface area contributed by atoms with Gasteiger partial charge in [0.05, 0.1) is 6.61 Å². The Morgan fingerprint density at radius 1 is 1.17 bits per heavy atom. The zero-order valence-corrected chi connectivity index (χ0v) is 13.8. The fourth-order valence-electron chi connectivity index (χ4n) is 1.76. The molecular weight excluding hydrogens is 317 g/mol. The number of rotatable bonds is 9. The van der Waals surface area contributed by atoms with Crippen LogP contribution in [-0.2, 0) is 14.3 Å². The van der Waals surface area contributed by atoms with Crippen molar-refractivity contribution >= 4 is 12.0 Å². The number of ether oxygens (including phenoxy) is 2. The van der Waals surface area contributed by atoms with E-state index >= 15 is 0 Å². The monoisotopic (exact) mass is 342 g/mol. The minimum absolute atomic E-state index is 0.0789. The second-order valence-corrected chi connectivity index (χ2v) is 5.50. The molecular formula is C14H25F3N2O4. The average Bonchev–Trinajstić information content (AvgIpc) is 2.40. The van der Waals surface area contributed by atoms with Crippen LogP contribution in [0.2, 0.25) is 0 Å². The lowest BCUT2D eigenvalue weighted by Gasteiger charge is -2.22. The van der Waals surface area contributed by atoms with Crippen molar-refractivity contribution in [2.75, 3.05) is 19.8 Å². The van der Waals surface area contributed by atoms with Crippen LogP contribution in [0.5, 0.6) is 0 Å². The number of amides is 2. The lowest BCUT2D eigenvalue weighted by Crippen LogP contribution is -2.47. The van der Waals surface area contributed by atoms with Crippen molar-refractivity contribution in [2.24, 2.45) is 5.92 Å². The minimum atomic E-state index is -4.49. The van der Waals surface area contributed by atoms with Crippen LogP contribution in [0.15, 0.2) is 0 Å². The van der Waals surface area contributed by atoms with Gasteiger partial charge in [0.2, 0.25) is 5.91 Å². The van der Waals surface area contributed by atoms with Crippen LogP contribution in [-0.4, -0.2) is 50.1 Å². The SMILES string of the molecule is CCOC(=O)N[C@@H](CNC(=O)[C@@H](C)OCC(F)(F)F)CC(C)C. The second-order valence-electron chi connectivity index (χ2n) is 5.50. The van der Waals surface area contributed by atoms with E-state index in [0.717, 1.165) is 0 Å². The van der Waals surface area contributed by atoms with Crippen molar-refractivity contribution in [1.29, 1.82) is 0 Å². The molecule has 0 heterocycles. The molecule has 2 amide bonds. The Morgan fingerprint density at radius 2 is 1.78 bits per heavy atom. The molecule has 136 valence electrons. The van der Waals surface area contributed by atoms with E-state index in [-0.39, 0.29) is 25.1 Å². The Balaban J connectivity index is 4.36. The molecule has 0 radical (unpaired) electrons. The fraction of sp³-hybridized carbons (Fsp3) is 0.857. The third-order valence-corrected chi connectivity index (χ3v) is 2.74. The van der Waals surface area contributed by atoms with Crippen molar-refractivity contribution in [3.63, 3.8) is 0 Å². The predicted octanol–water partition coefficient (Wildman–Crippen LogP) is 2.23. The van der Waals surface area contributed by atoms with Gasteiger partial charge in [-0.3, -0.25) is 4.79 Å². The van der Waals surface area contributed by atoms with Gasteiger partial charge >= 0.3 is 12.3 Å². The predicted molar refractivity (Wildman–Crippen MR) is 77.9 cm³/mol. The van der Waals surface area contributed by atoms with Crippen LogP contribution >= 0.6 is 0 Å². The summed E-state index contributed by atoms with van der Waals surface area (Å²) in [5, 5.41) is 5.07. The van der Waals surface area contributed by atoms with Gasteiger partial charge in [0.1, 0.15) is 12.7 Å².